The van der Waals surface area contributed by atoms with Gasteiger partial charge in [0, 0.05) is 37.2 Å². The average molecular weight is 596 g/mol. The van der Waals surface area contributed by atoms with E-state index in [1.165, 1.54) is 26.2 Å². The standard InChI is InChI=1S/C38H21N5OS/c44-38-41-35(22-12-2-1-3-13-22)40-36-25-16-6-9-19-28(25)39-37(43(36)38)42-29-20-10-7-17-26(29)31-23-14-4-5-15-24(23)32-27-18-8-11-21-30(27)45-34(32)33(31)42/h1-21H. The lowest BCUT2D eigenvalue weighted by Gasteiger charge is -2.14. The van der Waals surface area contributed by atoms with Crippen molar-refractivity contribution in [2.75, 3.05) is 0 Å². The predicted molar refractivity (Wildman–Crippen MR) is 185 cm³/mol. The summed E-state index contributed by atoms with van der Waals surface area (Å²) in [6.45, 7) is 0. The van der Waals surface area contributed by atoms with Gasteiger partial charge in [0.15, 0.2) is 11.5 Å². The van der Waals surface area contributed by atoms with Gasteiger partial charge in [-0.2, -0.15) is 4.98 Å². The molecule has 10 aromatic rings. The van der Waals surface area contributed by atoms with E-state index in [0.717, 1.165) is 43.0 Å². The number of aromatic nitrogens is 5. The Morgan fingerprint density at radius 1 is 0.556 bits per heavy atom. The number of nitrogens with zero attached hydrogens (tertiary/aromatic N) is 5. The van der Waals surface area contributed by atoms with Crippen LogP contribution < -0.4 is 5.69 Å². The van der Waals surface area contributed by atoms with Crippen molar-refractivity contribution < 1.29 is 0 Å². The molecule has 0 aliphatic carbocycles. The van der Waals surface area contributed by atoms with E-state index in [1.54, 1.807) is 15.7 Å². The Morgan fingerprint density at radius 2 is 1.20 bits per heavy atom. The number of fused-ring (bicyclic) bond motifs is 13. The Hall–Kier alpha value is -5.92. The summed E-state index contributed by atoms with van der Waals surface area (Å²) in [5.41, 5.74) is 3.62. The van der Waals surface area contributed by atoms with E-state index < -0.39 is 5.69 Å². The van der Waals surface area contributed by atoms with E-state index in [-0.39, 0.29) is 0 Å². The van der Waals surface area contributed by atoms with Gasteiger partial charge in [-0.05, 0) is 35.0 Å². The highest BCUT2D eigenvalue weighted by Crippen LogP contribution is 2.47. The lowest BCUT2D eigenvalue weighted by molar-refractivity contribution is 0.873. The highest BCUT2D eigenvalue weighted by atomic mass is 32.1. The van der Waals surface area contributed by atoms with Crippen molar-refractivity contribution in [1.82, 2.24) is 23.9 Å². The zero-order chi connectivity index (χ0) is 29.6. The Morgan fingerprint density at radius 3 is 2.02 bits per heavy atom. The first-order valence-electron chi connectivity index (χ1n) is 14.8. The van der Waals surface area contributed by atoms with Crippen LogP contribution in [0.2, 0.25) is 0 Å². The van der Waals surface area contributed by atoms with Gasteiger partial charge >= 0.3 is 5.69 Å². The molecule has 0 saturated heterocycles. The summed E-state index contributed by atoms with van der Waals surface area (Å²) < 4.78 is 6.10. The zero-order valence-electron chi connectivity index (χ0n) is 23.7. The Labute approximate surface area is 259 Å². The largest absolute Gasteiger partial charge is 0.358 e. The third kappa shape index (κ3) is 3.33. The van der Waals surface area contributed by atoms with E-state index in [0.29, 0.717) is 17.4 Å². The van der Waals surface area contributed by atoms with Gasteiger partial charge < -0.3 is 0 Å². The molecule has 0 aliphatic heterocycles. The second-order valence-electron chi connectivity index (χ2n) is 11.2. The van der Waals surface area contributed by atoms with Crippen LogP contribution in [0, 0.1) is 0 Å². The van der Waals surface area contributed by atoms with Crippen molar-refractivity contribution in [2.24, 2.45) is 0 Å². The number of hydrogen-bond acceptors (Lipinski definition) is 5. The van der Waals surface area contributed by atoms with Crippen molar-refractivity contribution in [3.05, 3.63) is 138 Å². The monoisotopic (exact) mass is 595 g/mol. The van der Waals surface area contributed by atoms with Gasteiger partial charge in [-0.15, -0.1) is 11.3 Å². The molecule has 6 nitrogen and oxygen atoms in total. The quantitative estimate of drug-likeness (QED) is 0.187. The van der Waals surface area contributed by atoms with Gasteiger partial charge in [0.2, 0.25) is 5.95 Å². The molecular weight excluding hydrogens is 575 g/mol. The molecule has 0 spiro atoms. The lowest BCUT2D eigenvalue weighted by atomic mass is 9.99. The third-order valence-electron chi connectivity index (χ3n) is 8.76. The Balaban J connectivity index is 1.47. The van der Waals surface area contributed by atoms with Crippen LogP contribution in [0.25, 0.3) is 86.6 Å². The number of benzene rings is 6. The summed E-state index contributed by atoms with van der Waals surface area (Å²) in [7, 11) is 0. The molecule has 0 N–H and O–H groups in total. The fourth-order valence-electron chi connectivity index (χ4n) is 6.89. The van der Waals surface area contributed by atoms with Crippen molar-refractivity contribution in [3.63, 3.8) is 0 Å². The molecule has 0 aliphatic rings. The maximum absolute atomic E-state index is 14.2. The van der Waals surface area contributed by atoms with E-state index in [4.69, 9.17) is 9.97 Å². The van der Waals surface area contributed by atoms with Gasteiger partial charge in [-0.1, -0.05) is 103 Å². The molecule has 7 heteroatoms. The smallest absolute Gasteiger partial charge is 0.277 e. The Bertz CT molecular complexity index is 2900. The second kappa shape index (κ2) is 9.05. The van der Waals surface area contributed by atoms with Gasteiger partial charge in [0.25, 0.3) is 0 Å². The van der Waals surface area contributed by atoms with Gasteiger partial charge in [0.1, 0.15) is 0 Å². The Kier molecular flexibility index (Phi) is 4.93. The van der Waals surface area contributed by atoms with Crippen molar-refractivity contribution >= 4 is 80.6 Å². The zero-order valence-corrected chi connectivity index (χ0v) is 24.5. The number of para-hydroxylation sites is 2. The van der Waals surface area contributed by atoms with Crippen molar-refractivity contribution in [3.8, 4) is 17.3 Å². The first kappa shape index (κ1) is 24.5. The molecule has 6 aromatic carbocycles. The van der Waals surface area contributed by atoms with Crippen LogP contribution in [-0.4, -0.2) is 23.9 Å². The summed E-state index contributed by atoms with van der Waals surface area (Å²) in [6, 6.07) is 43.1. The molecule has 4 heterocycles. The minimum atomic E-state index is -0.425. The SMILES string of the molecule is O=c1nc(-c2ccccc2)nc2c3ccccc3nc(-n3c4ccccc4c4c5ccccc5c5c6ccccc6sc5c43)n12. The maximum Gasteiger partial charge on any atom is 0.358 e. The fraction of sp³-hybridized carbons (Fsp3) is 0. The summed E-state index contributed by atoms with van der Waals surface area (Å²) in [6.07, 6.45) is 0. The molecule has 210 valence electrons. The molecule has 0 amide bonds. The predicted octanol–water partition coefficient (Wildman–Crippen LogP) is 8.92. The van der Waals surface area contributed by atoms with E-state index in [9.17, 15) is 4.79 Å². The maximum atomic E-state index is 14.2. The fourth-order valence-corrected chi connectivity index (χ4v) is 8.14. The normalized spacial score (nSPS) is 12.1. The van der Waals surface area contributed by atoms with Gasteiger partial charge in [-0.3, -0.25) is 4.57 Å². The minimum absolute atomic E-state index is 0.392. The number of rotatable bonds is 2. The summed E-state index contributed by atoms with van der Waals surface area (Å²) >= 11 is 1.78. The molecular formula is C38H21N5OS. The summed E-state index contributed by atoms with van der Waals surface area (Å²) in [5.74, 6) is 0.858. The van der Waals surface area contributed by atoms with Crippen molar-refractivity contribution in [1.29, 1.82) is 0 Å². The highest BCUT2D eigenvalue weighted by Gasteiger charge is 2.24. The van der Waals surface area contributed by atoms with Crippen LogP contribution in [-0.2, 0) is 0 Å². The first-order chi connectivity index (χ1) is 22.3. The number of thiophene rings is 1. The van der Waals surface area contributed by atoms with E-state index in [1.807, 2.05) is 60.7 Å². The van der Waals surface area contributed by atoms with E-state index >= 15 is 0 Å². The molecule has 10 rings (SSSR count). The van der Waals surface area contributed by atoms with Crippen LogP contribution >= 0.6 is 11.3 Å². The number of hydrogen-bond donors (Lipinski definition) is 0. The second-order valence-corrected chi connectivity index (χ2v) is 12.3. The molecule has 0 unspecified atom stereocenters. The molecule has 0 fully saturated rings. The molecule has 4 aromatic heterocycles. The average Bonchev–Trinajstić information content (AvgIpc) is 3.65. The van der Waals surface area contributed by atoms with Crippen LogP contribution in [0.4, 0.5) is 0 Å². The first-order valence-corrected chi connectivity index (χ1v) is 15.6. The van der Waals surface area contributed by atoms with Gasteiger partial charge in [-0.25, -0.2) is 19.2 Å². The molecule has 0 saturated carbocycles. The summed E-state index contributed by atoms with van der Waals surface area (Å²) in [4.78, 5) is 28.9. The molecule has 0 radical (unpaired) electrons. The van der Waals surface area contributed by atoms with Crippen LogP contribution in [0.5, 0.6) is 0 Å². The molecule has 45 heavy (non-hydrogen) atoms. The highest BCUT2D eigenvalue weighted by molar-refractivity contribution is 7.27. The van der Waals surface area contributed by atoms with E-state index in [2.05, 4.69) is 76.3 Å². The van der Waals surface area contributed by atoms with Crippen LogP contribution in [0.15, 0.2) is 132 Å². The summed E-state index contributed by atoms with van der Waals surface area (Å²) in [5, 5.41) is 7.83. The van der Waals surface area contributed by atoms with Gasteiger partial charge in [0.05, 0.1) is 21.3 Å². The van der Waals surface area contributed by atoms with Crippen LogP contribution in [0.1, 0.15) is 0 Å². The molecule has 0 atom stereocenters. The van der Waals surface area contributed by atoms with Crippen LogP contribution in [0.3, 0.4) is 0 Å². The minimum Gasteiger partial charge on any atom is -0.277 e. The molecule has 0 bridgehead atoms. The topological polar surface area (TPSA) is 65.1 Å². The van der Waals surface area contributed by atoms with Crippen molar-refractivity contribution in [2.45, 2.75) is 0 Å². The third-order valence-corrected chi connectivity index (χ3v) is 9.94. The lowest BCUT2D eigenvalue weighted by Crippen LogP contribution is -2.24.